The third kappa shape index (κ3) is 2.89. The Kier molecular flexibility index (Phi) is 4.50. The Hall–Kier alpha value is -0.550. The Morgan fingerprint density at radius 2 is 1.45 bits per heavy atom. The molecule has 0 aromatic rings. The molecule has 0 spiro atoms. The van der Waals surface area contributed by atoms with E-state index in [1.807, 2.05) is 0 Å². The van der Waals surface area contributed by atoms with Gasteiger partial charge in [-0.3, -0.25) is 0 Å². The number of hydrogen-bond donors (Lipinski definition) is 1. The van der Waals surface area contributed by atoms with Gasteiger partial charge in [0.15, 0.2) is 0 Å². The molecule has 2 aliphatic carbocycles. The molecule has 20 heavy (non-hydrogen) atoms. The molecule has 0 aromatic carbocycles. The average molecular weight is 277 g/mol. The molecule has 0 aromatic heterocycles. The minimum Gasteiger partial charge on any atom is -0.388 e. The highest BCUT2D eigenvalue weighted by Crippen LogP contribution is 2.53. The van der Waals surface area contributed by atoms with E-state index in [0.717, 1.165) is 51.4 Å². The van der Waals surface area contributed by atoms with Crippen LogP contribution < -0.4 is 0 Å². The van der Waals surface area contributed by atoms with Crippen LogP contribution in [0.25, 0.3) is 0 Å². The van der Waals surface area contributed by atoms with Crippen molar-refractivity contribution in [1.29, 1.82) is 5.26 Å². The van der Waals surface area contributed by atoms with Crippen LogP contribution in [0.4, 0.5) is 0 Å². The molecule has 114 valence electrons. The predicted octanol–water partition coefficient (Wildman–Crippen LogP) is 4.82. The molecule has 0 radical (unpaired) electrons. The van der Waals surface area contributed by atoms with Gasteiger partial charge in [0.05, 0.1) is 17.1 Å². The second-order valence-electron chi connectivity index (χ2n) is 8.28. The van der Waals surface area contributed by atoms with Crippen LogP contribution in [0.2, 0.25) is 0 Å². The first kappa shape index (κ1) is 15.8. The van der Waals surface area contributed by atoms with Crippen molar-refractivity contribution < 1.29 is 5.11 Å². The topological polar surface area (TPSA) is 44.0 Å². The van der Waals surface area contributed by atoms with Gasteiger partial charge in [0.25, 0.3) is 0 Å². The van der Waals surface area contributed by atoms with E-state index >= 15 is 0 Å². The summed E-state index contributed by atoms with van der Waals surface area (Å²) in [5.74, 6) is 0.693. The fraction of sp³-hybridized carbons (Fsp3) is 0.944. The summed E-state index contributed by atoms with van der Waals surface area (Å²) >= 11 is 0. The summed E-state index contributed by atoms with van der Waals surface area (Å²) in [7, 11) is 0. The Balaban J connectivity index is 2.14. The summed E-state index contributed by atoms with van der Waals surface area (Å²) in [5, 5.41) is 21.0. The van der Waals surface area contributed by atoms with Crippen molar-refractivity contribution in [2.24, 2.45) is 16.7 Å². The Bertz CT molecular complexity index is 358. The predicted molar refractivity (Wildman–Crippen MR) is 82.1 cm³/mol. The van der Waals surface area contributed by atoms with Crippen molar-refractivity contribution in [3.8, 4) is 6.07 Å². The van der Waals surface area contributed by atoms with Gasteiger partial charge in [0.2, 0.25) is 0 Å². The van der Waals surface area contributed by atoms with Crippen molar-refractivity contribution in [3.63, 3.8) is 0 Å². The van der Waals surface area contributed by atoms with E-state index in [1.165, 1.54) is 12.8 Å². The summed E-state index contributed by atoms with van der Waals surface area (Å²) < 4.78 is 0. The number of hydrogen-bond acceptors (Lipinski definition) is 2. The Morgan fingerprint density at radius 3 is 1.85 bits per heavy atom. The van der Waals surface area contributed by atoms with Crippen LogP contribution in [0.1, 0.15) is 85.0 Å². The van der Waals surface area contributed by atoms with Crippen LogP contribution in [0.15, 0.2) is 0 Å². The van der Waals surface area contributed by atoms with Gasteiger partial charge in [-0.15, -0.1) is 0 Å². The zero-order valence-electron chi connectivity index (χ0n) is 13.5. The van der Waals surface area contributed by atoms with Crippen molar-refractivity contribution in [1.82, 2.24) is 0 Å². The van der Waals surface area contributed by atoms with E-state index in [0.29, 0.717) is 11.3 Å². The van der Waals surface area contributed by atoms with E-state index < -0.39 is 11.0 Å². The first-order chi connectivity index (χ1) is 9.33. The number of aliphatic hydroxyl groups is 1. The fourth-order valence-electron chi connectivity index (χ4n) is 4.45. The maximum atomic E-state index is 11.2. The van der Waals surface area contributed by atoms with Gasteiger partial charge in [-0.05, 0) is 49.9 Å². The van der Waals surface area contributed by atoms with Gasteiger partial charge in [0, 0.05) is 0 Å². The molecule has 2 nitrogen and oxygen atoms in total. The molecule has 0 aliphatic heterocycles. The van der Waals surface area contributed by atoms with E-state index in [4.69, 9.17) is 0 Å². The highest BCUT2D eigenvalue weighted by molar-refractivity contribution is 5.13. The lowest BCUT2D eigenvalue weighted by Gasteiger charge is -2.48. The molecule has 1 N–H and O–H groups in total. The van der Waals surface area contributed by atoms with Crippen LogP contribution in [-0.4, -0.2) is 10.7 Å². The number of nitriles is 1. The molecule has 0 bridgehead atoms. The van der Waals surface area contributed by atoms with E-state index in [9.17, 15) is 10.4 Å². The third-order valence-electron chi connectivity index (χ3n) is 6.10. The van der Waals surface area contributed by atoms with Crippen molar-refractivity contribution >= 4 is 0 Å². The third-order valence-corrected chi connectivity index (χ3v) is 6.10. The lowest BCUT2D eigenvalue weighted by Crippen LogP contribution is -2.50. The van der Waals surface area contributed by atoms with E-state index in [2.05, 4.69) is 26.8 Å². The van der Waals surface area contributed by atoms with Gasteiger partial charge in [-0.2, -0.15) is 5.26 Å². The summed E-state index contributed by atoms with van der Waals surface area (Å²) in [6.07, 6.45) is 10.2. The molecule has 2 rings (SSSR count). The molecule has 2 fully saturated rings. The normalized spacial score (nSPS) is 35.0. The Labute approximate surface area is 124 Å². The van der Waals surface area contributed by atoms with Crippen molar-refractivity contribution in [2.75, 3.05) is 0 Å². The highest BCUT2D eigenvalue weighted by Gasteiger charge is 2.52. The van der Waals surface area contributed by atoms with Crippen LogP contribution in [-0.2, 0) is 0 Å². The van der Waals surface area contributed by atoms with Crippen LogP contribution in [0, 0.1) is 28.1 Å². The first-order valence-electron chi connectivity index (χ1n) is 8.47. The minimum atomic E-state index is -0.721. The van der Waals surface area contributed by atoms with Gasteiger partial charge in [0.1, 0.15) is 0 Å². The minimum absolute atomic E-state index is 0.327. The summed E-state index contributed by atoms with van der Waals surface area (Å²) in [6, 6.07) is 2.58. The lowest BCUT2D eigenvalue weighted by molar-refractivity contribution is -0.0939. The molecule has 0 amide bonds. The van der Waals surface area contributed by atoms with Crippen molar-refractivity contribution in [2.45, 2.75) is 90.6 Å². The maximum absolute atomic E-state index is 11.2. The van der Waals surface area contributed by atoms with E-state index in [1.54, 1.807) is 0 Å². The average Bonchev–Trinajstić information content (AvgIpc) is 2.64. The van der Waals surface area contributed by atoms with Gasteiger partial charge in [-0.25, -0.2) is 0 Å². The zero-order valence-corrected chi connectivity index (χ0v) is 13.5. The Morgan fingerprint density at radius 1 is 0.950 bits per heavy atom. The molecular weight excluding hydrogens is 246 g/mol. The second kappa shape index (κ2) is 5.68. The summed E-state index contributed by atoms with van der Waals surface area (Å²) in [5.41, 5.74) is -0.867. The first-order valence-corrected chi connectivity index (χ1v) is 8.47. The van der Waals surface area contributed by atoms with Crippen LogP contribution in [0.3, 0.4) is 0 Å². The van der Waals surface area contributed by atoms with E-state index in [-0.39, 0.29) is 0 Å². The standard InChI is InChI=1S/C18H31NO/c1-16(2,3)15-8-12-17(14-19,13-9-15)18(20)10-6-4-5-7-11-18/h15,20H,4-13H2,1-3H3. The molecule has 2 heteroatoms. The van der Waals surface area contributed by atoms with Crippen LogP contribution in [0.5, 0.6) is 0 Å². The molecule has 2 aliphatic rings. The number of rotatable bonds is 1. The highest BCUT2D eigenvalue weighted by atomic mass is 16.3. The summed E-state index contributed by atoms with van der Waals surface area (Å²) in [4.78, 5) is 0. The second-order valence-corrected chi connectivity index (χ2v) is 8.28. The lowest BCUT2D eigenvalue weighted by atomic mass is 9.57. The molecule has 2 saturated carbocycles. The molecule has 0 unspecified atom stereocenters. The van der Waals surface area contributed by atoms with Gasteiger partial charge >= 0.3 is 0 Å². The molecule has 0 heterocycles. The fourth-order valence-corrected chi connectivity index (χ4v) is 4.45. The largest absolute Gasteiger partial charge is 0.388 e. The number of nitrogens with zero attached hydrogens (tertiary/aromatic N) is 1. The molecule has 0 saturated heterocycles. The molecular formula is C18H31NO. The smallest absolute Gasteiger partial charge is 0.0860 e. The molecule has 0 atom stereocenters. The zero-order chi connectivity index (χ0) is 14.9. The van der Waals surface area contributed by atoms with Gasteiger partial charge < -0.3 is 5.11 Å². The summed E-state index contributed by atoms with van der Waals surface area (Å²) in [6.45, 7) is 6.91. The van der Waals surface area contributed by atoms with Crippen LogP contribution >= 0.6 is 0 Å². The van der Waals surface area contributed by atoms with Crippen molar-refractivity contribution in [3.05, 3.63) is 0 Å². The monoisotopic (exact) mass is 277 g/mol. The SMILES string of the molecule is CC(C)(C)C1CCC(C#N)(C2(O)CCCCCC2)CC1. The quantitative estimate of drug-likeness (QED) is 0.698. The maximum Gasteiger partial charge on any atom is 0.0860 e. The van der Waals surface area contributed by atoms with Gasteiger partial charge in [-0.1, -0.05) is 46.5 Å².